The van der Waals surface area contributed by atoms with Crippen molar-refractivity contribution in [2.75, 3.05) is 19.6 Å². The summed E-state index contributed by atoms with van der Waals surface area (Å²) < 4.78 is 5.71. The molecule has 3 aromatic rings. The molecule has 128 valence electrons. The van der Waals surface area contributed by atoms with Crippen molar-refractivity contribution in [3.63, 3.8) is 0 Å². The number of nitrogens with one attached hydrogen (secondary N) is 1. The number of oxazole rings is 1. The molecule has 0 saturated carbocycles. The summed E-state index contributed by atoms with van der Waals surface area (Å²) in [5, 5.41) is 3.36. The van der Waals surface area contributed by atoms with Crippen LogP contribution in [0.3, 0.4) is 0 Å². The minimum Gasteiger partial charge on any atom is -0.441 e. The molecule has 1 amide bonds. The molecule has 6 nitrogen and oxygen atoms in total. The Morgan fingerprint density at radius 1 is 1.28 bits per heavy atom. The van der Waals surface area contributed by atoms with Crippen LogP contribution in [0.25, 0.3) is 11.1 Å². The number of para-hydroxylation sites is 2. The molecule has 25 heavy (non-hydrogen) atoms. The predicted molar refractivity (Wildman–Crippen MR) is 93.9 cm³/mol. The summed E-state index contributed by atoms with van der Waals surface area (Å²) in [6.45, 7) is 2.26. The number of nitrogens with zero attached hydrogens (tertiary/aromatic N) is 3. The molecule has 1 aliphatic rings. The van der Waals surface area contributed by atoms with Crippen LogP contribution in [0.5, 0.6) is 0 Å². The summed E-state index contributed by atoms with van der Waals surface area (Å²) in [4.78, 5) is 23.3. The fourth-order valence-electron chi connectivity index (χ4n) is 3.26. The van der Waals surface area contributed by atoms with Crippen LogP contribution >= 0.6 is 0 Å². The van der Waals surface area contributed by atoms with Crippen LogP contribution in [0.2, 0.25) is 0 Å². The highest BCUT2D eigenvalue weighted by Gasteiger charge is 2.27. The average molecular weight is 336 g/mol. The molecule has 1 saturated heterocycles. The lowest BCUT2D eigenvalue weighted by molar-refractivity contribution is -0.134. The normalized spacial score (nSPS) is 17.8. The Morgan fingerprint density at radius 2 is 2.20 bits per heavy atom. The van der Waals surface area contributed by atoms with Crippen molar-refractivity contribution in [2.24, 2.45) is 0 Å². The third-order valence-electron chi connectivity index (χ3n) is 4.52. The van der Waals surface area contributed by atoms with Crippen LogP contribution in [-0.4, -0.2) is 40.4 Å². The Hall–Kier alpha value is -2.73. The molecule has 0 spiro atoms. The van der Waals surface area contributed by atoms with Gasteiger partial charge in [0, 0.05) is 44.9 Å². The van der Waals surface area contributed by atoms with E-state index in [1.165, 1.54) is 0 Å². The van der Waals surface area contributed by atoms with Crippen LogP contribution < -0.4 is 5.32 Å². The minimum absolute atomic E-state index is 0.0265. The molecule has 1 aliphatic heterocycles. The summed E-state index contributed by atoms with van der Waals surface area (Å²) >= 11 is 0. The minimum atomic E-state index is 0.0265. The molecule has 1 aromatic carbocycles. The van der Waals surface area contributed by atoms with Crippen LogP contribution in [0.1, 0.15) is 23.9 Å². The van der Waals surface area contributed by atoms with Gasteiger partial charge in [0.05, 0.1) is 6.04 Å². The number of aryl methyl sites for hydroxylation is 1. The van der Waals surface area contributed by atoms with Gasteiger partial charge in [-0.05, 0) is 23.8 Å². The molecule has 1 fully saturated rings. The number of carbonyl (C=O) groups excluding carboxylic acids is 1. The van der Waals surface area contributed by atoms with Crippen molar-refractivity contribution in [1.29, 1.82) is 0 Å². The second-order valence-electron chi connectivity index (χ2n) is 6.17. The quantitative estimate of drug-likeness (QED) is 0.792. The number of pyridine rings is 1. The molecule has 0 radical (unpaired) electrons. The van der Waals surface area contributed by atoms with E-state index in [9.17, 15) is 4.79 Å². The first kappa shape index (κ1) is 15.8. The van der Waals surface area contributed by atoms with Gasteiger partial charge in [-0.15, -0.1) is 0 Å². The van der Waals surface area contributed by atoms with Gasteiger partial charge >= 0.3 is 0 Å². The van der Waals surface area contributed by atoms with Gasteiger partial charge in [0.15, 0.2) is 11.5 Å². The molecule has 0 bridgehead atoms. The molecular weight excluding hydrogens is 316 g/mol. The van der Waals surface area contributed by atoms with Crippen molar-refractivity contribution in [3.8, 4) is 0 Å². The van der Waals surface area contributed by atoms with E-state index >= 15 is 0 Å². The monoisotopic (exact) mass is 336 g/mol. The fourth-order valence-corrected chi connectivity index (χ4v) is 3.26. The second-order valence-corrected chi connectivity index (χ2v) is 6.17. The molecule has 1 unspecified atom stereocenters. The van der Waals surface area contributed by atoms with E-state index < -0.39 is 0 Å². The third-order valence-corrected chi connectivity index (χ3v) is 4.52. The summed E-state index contributed by atoms with van der Waals surface area (Å²) in [5.74, 6) is 0.736. The lowest BCUT2D eigenvalue weighted by atomic mass is 10.0. The number of rotatable bonds is 4. The zero-order valence-electron chi connectivity index (χ0n) is 13.9. The first-order valence-corrected chi connectivity index (χ1v) is 8.56. The number of hydrogen-bond donors (Lipinski definition) is 1. The molecule has 1 atom stereocenters. The first-order chi connectivity index (χ1) is 12.3. The van der Waals surface area contributed by atoms with Crippen molar-refractivity contribution < 1.29 is 9.21 Å². The van der Waals surface area contributed by atoms with Gasteiger partial charge in [-0.2, -0.15) is 0 Å². The lowest BCUT2D eigenvalue weighted by Crippen LogP contribution is -2.48. The number of carbonyl (C=O) groups is 1. The average Bonchev–Trinajstić information content (AvgIpc) is 3.10. The second kappa shape index (κ2) is 7.03. The first-order valence-electron chi connectivity index (χ1n) is 8.56. The van der Waals surface area contributed by atoms with Crippen molar-refractivity contribution >= 4 is 17.0 Å². The van der Waals surface area contributed by atoms with E-state index in [2.05, 4.69) is 15.3 Å². The van der Waals surface area contributed by atoms with E-state index in [4.69, 9.17) is 4.42 Å². The van der Waals surface area contributed by atoms with E-state index in [0.717, 1.165) is 29.8 Å². The number of piperazine rings is 1. The summed E-state index contributed by atoms with van der Waals surface area (Å²) in [6, 6.07) is 11.6. The highest BCUT2D eigenvalue weighted by atomic mass is 16.3. The van der Waals surface area contributed by atoms with E-state index in [0.29, 0.717) is 25.3 Å². The molecule has 4 rings (SSSR count). The molecule has 3 heterocycles. The van der Waals surface area contributed by atoms with Gasteiger partial charge in [0.25, 0.3) is 0 Å². The smallest absolute Gasteiger partial charge is 0.223 e. The van der Waals surface area contributed by atoms with Gasteiger partial charge in [0.1, 0.15) is 5.52 Å². The Morgan fingerprint density at radius 3 is 3.04 bits per heavy atom. The van der Waals surface area contributed by atoms with Gasteiger partial charge in [-0.25, -0.2) is 4.98 Å². The zero-order valence-corrected chi connectivity index (χ0v) is 13.9. The molecule has 1 N–H and O–H groups in total. The van der Waals surface area contributed by atoms with Crippen LogP contribution in [0, 0.1) is 0 Å². The molecule has 0 aliphatic carbocycles. The van der Waals surface area contributed by atoms with Crippen molar-refractivity contribution in [3.05, 3.63) is 60.2 Å². The Labute approximate surface area is 145 Å². The fraction of sp³-hybridized carbons (Fsp3) is 0.316. The molecular formula is C19H20N4O2. The predicted octanol–water partition coefficient (Wildman–Crippen LogP) is 2.33. The van der Waals surface area contributed by atoms with Gasteiger partial charge in [0.2, 0.25) is 5.91 Å². The van der Waals surface area contributed by atoms with Crippen LogP contribution in [0.4, 0.5) is 0 Å². The highest BCUT2D eigenvalue weighted by molar-refractivity contribution is 5.77. The summed E-state index contributed by atoms with van der Waals surface area (Å²) in [7, 11) is 0. The van der Waals surface area contributed by atoms with E-state index in [1.807, 2.05) is 47.5 Å². The topological polar surface area (TPSA) is 71.3 Å². The number of fused-ring (bicyclic) bond motifs is 1. The Kier molecular flexibility index (Phi) is 4.43. The number of benzene rings is 1. The highest BCUT2D eigenvalue weighted by Crippen LogP contribution is 2.23. The van der Waals surface area contributed by atoms with E-state index in [-0.39, 0.29) is 11.9 Å². The Bertz CT molecular complexity index is 829. The molecule has 2 aromatic heterocycles. The van der Waals surface area contributed by atoms with Gasteiger partial charge in [-0.1, -0.05) is 18.2 Å². The number of hydrogen-bond acceptors (Lipinski definition) is 5. The molecule has 6 heteroatoms. The maximum atomic E-state index is 12.8. The van der Waals surface area contributed by atoms with E-state index in [1.54, 1.807) is 6.20 Å². The van der Waals surface area contributed by atoms with Crippen molar-refractivity contribution in [1.82, 2.24) is 20.2 Å². The van der Waals surface area contributed by atoms with Crippen LogP contribution in [0.15, 0.2) is 53.2 Å². The lowest BCUT2D eigenvalue weighted by Gasteiger charge is -2.36. The van der Waals surface area contributed by atoms with Crippen molar-refractivity contribution in [2.45, 2.75) is 18.9 Å². The standard InChI is InChI=1S/C19H20N4O2/c24-19(8-7-18-22-15-5-1-2-6-17(15)25-18)23-11-10-21-13-16(23)14-4-3-9-20-12-14/h1-6,9,12,16,21H,7-8,10-11,13H2. The Balaban J connectivity index is 1.45. The maximum Gasteiger partial charge on any atom is 0.223 e. The summed E-state index contributed by atoms with van der Waals surface area (Å²) in [6.07, 6.45) is 4.48. The SMILES string of the molecule is O=C(CCc1nc2ccccc2o1)N1CCNCC1c1cccnc1. The summed E-state index contributed by atoms with van der Waals surface area (Å²) in [5.41, 5.74) is 2.66. The van der Waals surface area contributed by atoms with Crippen LogP contribution in [-0.2, 0) is 11.2 Å². The zero-order chi connectivity index (χ0) is 17.1. The van der Waals surface area contributed by atoms with Gasteiger partial charge < -0.3 is 14.6 Å². The van der Waals surface area contributed by atoms with Gasteiger partial charge in [-0.3, -0.25) is 9.78 Å². The number of amides is 1. The maximum absolute atomic E-state index is 12.8. The number of aromatic nitrogens is 2. The largest absolute Gasteiger partial charge is 0.441 e. The third kappa shape index (κ3) is 3.39.